The normalized spacial score (nSPS) is 11.4. The van der Waals surface area contributed by atoms with Crippen molar-refractivity contribution < 1.29 is 28.8 Å². The Kier molecular flexibility index (Phi) is 7.31. The van der Waals surface area contributed by atoms with Gasteiger partial charge in [0.05, 0.1) is 41.0 Å². The highest BCUT2D eigenvalue weighted by atomic mass is 16.5. The van der Waals surface area contributed by atoms with Gasteiger partial charge in [0.25, 0.3) is 0 Å². The van der Waals surface area contributed by atoms with E-state index >= 15 is 0 Å². The Morgan fingerprint density at radius 2 is 1.44 bits per heavy atom. The van der Waals surface area contributed by atoms with Crippen molar-refractivity contribution in [1.29, 1.82) is 0 Å². The van der Waals surface area contributed by atoms with Gasteiger partial charge in [0, 0.05) is 6.54 Å². The Bertz CT molecular complexity index is 777. The number of methoxy groups -OCH3 is 4. The quantitative estimate of drug-likeness (QED) is 0.698. The van der Waals surface area contributed by atoms with Crippen LogP contribution in [0.15, 0.2) is 36.4 Å². The van der Waals surface area contributed by atoms with Crippen LogP contribution in [0.1, 0.15) is 17.2 Å². The van der Waals surface area contributed by atoms with E-state index in [4.69, 9.17) is 18.9 Å². The summed E-state index contributed by atoms with van der Waals surface area (Å²) in [6, 6.07) is 10.4. The number of carbonyl (C=O) groups excluding carboxylic acids is 1. The summed E-state index contributed by atoms with van der Waals surface area (Å²) < 4.78 is 20.8. The highest BCUT2D eigenvalue weighted by Crippen LogP contribution is 2.30. The van der Waals surface area contributed by atoms with Gasteiger partial charge < -0.3 is 29.4 Å². The number of rotatable bonds is 9. The second-order valence-corrected chi connectivity index (χ2v) is 5.80. The fraction of sp³-hybridized carbons (Fsp3) is 0.350. The van der Waals surface area contributed by atoms with Gasteiger partial charge in [0.1, 0.15) is 0 Å². The van der Waals surface area contributed by atoms with Crippen molar-refractivity contribution in [2.75, 3.05) is 35.0 Å². The molecule has 2 aromatic carbocycles. The smallest absolute Gasteiger partial charge is 0.224 e. The van der Waals surface area contributed by atoms with Crippen LogP contribution in [0.25, 0.3) is 0 Å². The van der Waals surface area contributed by atoms with E-state index in [9.17, 15) is 9.90 Å². The highest BCUT2D eigenvalue weighted by Gasteiger charge is 2.14. The molecule has 2 aromatic rings. The summed E-state index contributed by atoms with van der Waals surface area (Å²) in [7, 11) is 6.17. The molecule has 2 rings (SSSR count). The maximum Gasteiger partial charge on any atom is 0.224 e. The Labute approximate surface area is 158 Å². The lowest BCUT2D eigenvalue weighted by Gasteiger charge is -2.15. The maximum atomic E-state index is 12.2. The van der Waals surface area contributed by atoms with Crippen LogP contribution in [-0.2, 0) is 11.2 Å². The van der Waals surface area contributed by atoms with Crippen LogP contribution in [0.2, 0.25) is 0 Å². The van der Waals surface area contributed by atoms with E-state index in [-0.39, 0.29) is 18.9 Å². The van der Waals surface area contributed by atoms with Gasteiger partial charge in [0.2, 0.25) is 5.91 Å². The molecule has 2 N–H and O–H groups in total. The minimum absolute atomic E-state index is 0.0849. The van der Waals surface area contributed by atoms with Crippen LogP contribution in [0.4, 0.5) is 0 Å². The predicted molar refractivity (Wildman–Crippen MR) is 101 cm³/mol. The zero-order valence-corrected chi connectivity index (χ0v) is 15.9. The second-order valence-electron chi connectivity index (χ2n) is 5.80. The number of carbonyl (C=O) groups is 1. The average Bonchev–Trinajstić information content (AvgIpc) is 2.71. The van der Waals surface area contributed by atoms with Crippen molar-refractivity contribution in [3.63, 3.8) is 0 Å². The lowest BCUT2D eigenvalue weighted by atomic mass is 10.1. The van der Waals surface area contributed by atoms with E-state index in [1.54, 1.807) is 57.7 Å². The SMILES string of the molecule is COc1ccc(CC(=O)NCC(O)c2ccc(OC)c(OC)c2)cc1OC. The molecule has 146 valence electrons. The van der Waals surface area contributed by atoms with E-state index in [1.165, 1.54) is 7.11 Å². The van der Waals surface area contributed by atoms with Gasteiger partial charge in [0.15, 0.2) is 23.0 Å². The number of benzene rings is 2. The molecule has 0 heterocycles. The molecule has 0 aromatic heterocycles. The first kappa shape index (κ1) is 20.4. The van der Waals surface area contributed by atoms with Crippen molar-refractivity contribution in [2.24, 2.45) is 0 Å². The van der Waals surface area contributed by atoms with Gasteiger partial charge in [-0.05, 0) is 35.4 Å². The van der Waals surface area contributed by atoms with Crippen molar-refractivity contribution in [3.8, 4) is 23.0 Å². The monoisotopic (exact) mass is 375 g/mol. The van der Waals surface area contributed by atoms with Gasteiger partial charge in [-0.15, -0.1) is 0 Å². The van der Waals surface area contributed by atoms with Crippen molar-refractivity contribution in [3.05, 3.63) is 47.5 Å². The number of aliphatic hydroxyl groups excluding tert-OH is 1. The summed E-state index contributed by atoms with van der Waals surface area (Å²) in [5.74, 6) is 2.05. The molecule has 0 spiro atoms. The highest BCUT2D eigenvalue weighted by molar-refractivity contribution is 5.78. The van der Waals surface area contributed by atoms with E-state index in [0.29, 0.717) is 28.6 Å². The zero-order chi connectivity index (χ0) is 19.8. The molecule has 1 atom stereocenters. The molecule has 1 amide bonds. The van der Waals surface area contributed by atoms with Crippen LogP contribution in [0.3, 0.4) is 0 Å². The largest absolute Gasteiger partial charge is 0.493 e. The Hall–Kier alpha value is -2.93. The first-order chi connectivity index (χ1) is 13.0. The first-order valence-electron chi connectivity index (χ1n) is 8.40. The number of ether oxygens (including phenoxy) is 4. The molecule has 7 nitrogen and oxygen atoms in total. The number of aliphatic hydroxyl groups is 1. The fourth-order valence-corrected chi connectivity index (χ4v) is 2.63. The van der Waals surface area contributed by atoms with Gasteiger partial charge in [-0.25, -0.2) is 0 Å². The Morgan fingerprint density at radius 3 is 2.04 bits per heavy atom. The van der Waals surface area contributed by atoms with Crippen LogP contribution in [-0.4, -0.2) is 46.0 Å². The molecule has 0 bridgehead atoms. The van der Waals surface area contributed by atoms with E-state index in [0.717, 1.165) is 5.56 Å². The van der Waals surface area contributed by atoms with E-state index < -0.39 is 6.10 Å². The Morgan fingerprint density at radius 1 is 0.889 bits per heavy atom. The van der Waals surface area contributed by atoms with Gasteiger partial charge in [-0.1, -0.05) is 12.1 Å². The number of nitrogens with one attached hydrogen (secondary N) is 1. The molecule has 0 saturated heterocycles. The molecule has 1 unspecified atom stereocenters. The van der Waals surface area contributed by atoms with E-state index in [2.05, 4.69) is 5.32 Å². The topological polar surface area (TPSA) is 86.3 Å². The molecule has 0 radical (unpaired) electrons. The van der Waals surface area contributed by atoms with Crippen LogP contribution >= 0.6 is 0 Å². The summed E-state index contributed by atoms with van der Waals surface area (Å²) in [6.07, 6.45) is -0.696. The summed E-state index contributed by atoms with van der Waals surface area (Å²) in [5.41, 5.74) is 1.41. The molecule has 0 aliphatic rings. The third kappa shape index (κ3) is 5.27. The Balaban J connectivity index is 1.95. The minimum atomic E-state index is -0.862. The third-order valence-electron chi connectivity index (χ3n) is 4.10. The van der Waals surface area contributed by atoms with Crippen molar-refractivity contribution >= 4 is 5.91 Å². The lowest BCUT2D eigenvalue weighted by Crippen LogP contribution is -2.29. The average molecular weight is 375 g/mol. The fourth-order valence-electron chi connectivity index (χ4n) is 2.63. The second kappa shape index (κ2) is 9.68. The number of hydrogen-bond acceptors (Lipinski definition) is 6. The van der Waals surface area contributed by atoms with Crippen LogP contribution < -0.4 is 24.3 Å². The molecule has 0 aliphatic heterocycles. The summed E-state index contributed by atoms with van der Waals surface area (Å²) in [4.78, 5) is 12.2. The van der Waals surface area contributed by atoms with Crippen LogP contribution in [0.5, 0.6) is 23.0 Å². The summed E-state index contributed by atoms with van der Waals surface area (Å²) in [5, 5.41) is 13.1. The standard InChI is InChI=1S/C20H25NO6/c1-24-16-7-5-13(9-18(16)26-3)10-20(23)21-12-15(22)14-6-8-17(25-2)19(11-14)27-4/h5-9,11,15,22H,10,12H2,1-4H3,(H,21,23). The lowest BCUT2D eigenvalue weighted by molar-refractivity contribution is -0.120. The zero-order valence-electron chi connectivity index (χ0n) is 15.9. The number of hydrogen-bond donors (Lipinski definition) is 2. The molecule has 7 heteroatoms. The molecule has 0 aliphatic carbocycles. The minimum Gasteiger partial charge on any atom is -0.493 e. The number of amides is 1. The van der Waals surface area contributed by atoms with Gasteiger partial charge in [-0.2, -0.15) is 0 Å². The summed E-state index contributed by atoms with van der Waals surface area (Å²) >= 11 is 0. The molecule has 0 fully saturated rings. The van der Waals surface area contributed by atoms with Gasteiger partial charge in [-0.3, -0.25) is 4.79 Å². The van der Waals surface area contributed by atoms with Gasteiger partial charge >= 0.3 is 0 Å². The first-order valence-corrected chi connectivity index (χ1v) is 8.40. The van der Waals surface area contributed by atoms with Crippen molar-refractivity contribution in [1.82, 2.24) is 5.32 Å². The molecular formula is C20H25NO6. The summed E-state index contributed by atoms with van der Waals surface area (Å²) in [6.45, 7) is 0.0849. The van der Waals surface area contributed by atoms with Crippen molar-refractivity contribution in [2.45, 2.75) is 12.5 Å². The maximum absolute atomic E-state index is 12.2. The van der Waals surface area contributed by atoms with E-state index in [1.807, 2.05) is 0 Å². The molecule has 0 saturated carbocycles. The predicted octanol–water partition coefficient (Wildman–Crippen LogP) is 2.11. The molecular weight excluding hydrogens is 350 g/mol. The molecule has 27 heavy (non-hydrogen) atoms. The van der Waals surface area contributed by atoms with Crippen LogP contribution in [0, 0.1) is 0 Å². The third-order valence-corrected chi connectivity index (χ3v) is 4.10.